The first kappa shape index (κ1) is 14.0. The molecule has 1 aromatic heterocycles. The van der Waals surface area contributed by atoms with Crippen molar-refractivity contribution in [3.63, 3.8) is 0 Å². The summed E-state index contributed by atoms with van der Waals surface area (Å²) in [5.41, 5.74) is 0. The van der Waals surface area contributed by atoms with Gasteiger partial charge in [0.15, 0.2) is 0 Å². The lowest BCUT2D eigenvalue weighted by Crippen LogP contribution is -2.34. The number of carbonyl (C=O) groups is 1. The van der Waals surface area contributed by atoms with Gasteiger partial charge in [-0.1, -0.05) is 0 Å². The van der Waals surface area contributed by atoms with Crippen molar-refractivity contribution < 1.29 is 14.6 Å². The normalized spacial score (nSPS) is 16.6. The summed E-state index contributed by atoms with van der Waals surface area (Å²) in [7, 11) is 0. The quantitative estimate of drug-likeness (QED) is 0.802. The summed E-state index contributed by atoms with van der Waals surface area (Å²) in [6.45, 7) is 1.23. The largest absolute Gasteiger partial charge is 0.389 e. The van der Waals surface area contributed by atoms with Crippen LogP contribution in [0.25, 0.3) is 0 Å². The van der Waals surface area contributed by atoms with E-state index >= 15 is 0 Å². The van der Waals surface area contributed by atoms with Gasteiger partial charge in [0.05, 0.1) is 17.6 Å². The fraction of sp³-hybridized carbons (Fsp3) is 0.583. The van der Waals surface area contributed by atoms with Crippen LogP contribution in [0.5, 0.6) is 0 Å². The predicted molar refractivity (Wildman–Crippen MR) is 73.9 cm³/mol. The van der Waals surface area contributed by atoms with Crippen molar-refractivity contribution in [1.82, 2.24) is 5.32 Å². The molecule has 1 atom stereocenters. The maximum atomic E-state index is 11.7. The average Bonchev–Trinajstić information content (AvgIpc) is 3.06. The summed E-state index contributed by atoms with van der Waals surface area (Å²) in [6.07, 6.45) is 1.83. The second-order valence-corrected chi connectivity index (χ2v) is 6.30. The molecule has 18 heavy (non-hydrogen) atoms. The Morgan fingerprint density at radius 2 is 2.44 bits per heavy atom. The zero-order valence-electron chi connectivity index (χ0n) is 9.89. The molecule has 1 aliphatic rings. The van der Waals surface area contributed by atoms with E-state index in [0.717, 1.165) is 11.1 Å². The molecular weight excluding hydrogens is 318 g/mol. The van der Waals surface area contributed by atoms with Crippen molar-refractivity contribution in [3.05, 3.63) is 20.8 Å². The first-order valence-corrected chi connectivity index (χ1v) is 7.60. The van der Waals surface area contributed by atoms with Crippen molar-refractivity contribution in [1.29, 1.82) is 0 Å². The minimum absolute atomic E-state index is 0.160. The lowest BCUT2D eigenvalue weighted by atomic mass is 10.3. The molecule has 1 aliphatic carbocycles. The Bertz CT molecular complexity index is 406. The van der Waals surface area contributed by atoms with E-state index in [2.05, 4.69) is 21.2 Å². The first-order valence-electron chi connectivity index (χ1n) is 5.93. The van der Waals surface area contributed by atoms with E-state index in [4.69, 9.17) is 4.74 Å². The van der Waals surface area contributed by atoms with Crippen LogP contribution in [0, 0.1) is 5.92 Å². The van der Waals surface area contributed by atoms with Gasteiger partial charge >= 0.3 is 0 Å². The Labute approximate surface area is 118 Å². The van der Waals surface area contributed by atoms with E-state index in [1.165, 1.54) is 24.2 Å². The van der Waals surface area contributed by atoms with Gasteiger partial charge in [0.2, 0.25) is 0 Å². The summed E-state index contributed by atoms with van der Waals surface area (Å²) in [4.78, 5) is 12.3. The number of amides is 1. The van der Waals surface area contributed by atoms with Crippen LogP contribution in [0.3, 0.4) is 0 Å². The van der Waals surface area contributed by atoms with Crippen molar-refractivity contribution in [2.45, 2.75) is 18.9 Å². The van der Waals surface area contributed by atoms with Gasteiger partial charge in [0.25, 0.3) is 5.91 Å². The Morgan fingerprint density at radius 3 is 3.06 bits per heavy atom. The number of hydrogen-bond acceptors (Lipinski definition) is 4. The Morgan fingerprint density at radius 1 is 1.67 bits per heavy atom. The highest BCUT2D eigenvalue weighted by atomic mass is 79.9. The molecule has 1 aromatic rings. The van der Waals surface area contributed by atoms with E-state index < -0.39 is 6.10 Å². The van der Waals surface area contributed by atoms with Gasteiger partial charge in [-0.2, -0.15) is 0 Å². The molecule has 1 fully saturated rings. The van der Waals surface area contributed by atoms with Crippen LogP contribution in [0.1, 0.15) is 22.5 Å². The standard InChI is InChI=1S/C12H16BrNO3S/c13-9-3-11(18-7-9)12(16)14-4-10(15)6-17-5-8-1-2-8/h3,7-8,10,15H,1-2,4-6H2,(H,14,16). The molecule has 4 nitrogen and oxygen atoms in total. The van der Waals surface area contributed by atoms with E-state index in [9.17, 15) is 9.90 Å². The van der Waals surface area contributed by atoms with Crippen molar-refractivity contribution in [2.75, 3.05) is 19.8 Å². The van der Waals surface area contributed by atoms with Crippen molar-refractivity contribution in [3.8, 4) is 0 Å². The van der Waals surface area contributed by atoms with Crippen LogP contribution in [0.4, 0.5) is 0 Å². The molecule has 6 heteroatoms. The zero-order valence-corrected chi connectivity index (χ0v) is 12.3. The molecule has 0 saturated heterocycles. The van der Waals surface area contributed by atoms with Gasteiger partial charge in [0.1, 0.15) is 0 Å². The molecule has 2 rings (SSSR count). The van der Waals surface area contributed by atoms with Crippen molar-refractivity contribution in [2.24, 2.45) is 5.92 Å². The Balaban J connectivity index is 1.62. The average molecular weight is 334 g/mol. The minimum atomic E-state index is -0.642. The predicted octanol–water partition coefficient (Wildman–Crippen LogP) is 2.03. The SMILES string of the molecule is O=C(NCC(O)COCC1CC1)c1cc(Br)cs1. The van der Waals surface area contributed by atoms with Crippen LogP contribution in [0.2, 0.25) is 0 Å². The van der Waals surface area contributed by atoms with Crippen LogP contribution in [-0.2, 0) is 4.74 Å². The number of rotatable bonds is 7. The number of thiophene rings is 1. The Kier molecular flexibility index (Phi) is 5.17. The van der Waals surface area contributed by atoms with Crippen LogP contribution >= 0.6 is 27.3 Å². The molecular formula is C12H16BrNO3S. The van der Waals surface area contributed by atoms with Crippen LogP contribution < -0.4 is 5.32 Å². The smallest absolute Gasteiger partial charge is 0.261 e. The third-order valence-corrected chi connectivity index (χ3v) is 4.34. The molecule has 0 aliphatic heterocycles. The second-order valence-electron chi connectivity index (χ2n) is 4.47. The maximum absolute atomic E-state index is 11.7. The summed E-state index contributed by atoms with van der Waals surface area (Å²) < 4.78 is 6.25. The van der Waals surface area contributed by atoms with Crippen LogP contribution in [-0.4, -0.2) is 36.9 Å². The molecule has 0 radical (unpaired) electrons. The van der Waals surface area contributed by atoms with Crippen molar-refractivity contribution >= 4 is 33.2 Å². The molecule has 100 valence electrons. The van der Waals surface area contributed by atoms with Gasteiger partial charge in [0, 0.05) is 23.0 Å². The molecule has 1 heterocycles. The number of hydrogen-bond donors (Lipinski definition) is 2. The molecule has 0 spiro atoms. The second kappa shape index (κ2) is 6.65. The summed E-state index contributed by atoms with van der Waals surface area (Å²) in [5.74, 6) is 0.530. The molecule has 2 N–H and O–H groups in total. The van der Waals surface area contributed by atoms with Gasteiger partial charge in [-0.15, -0.1) is 11.3 Å². The molecule has 0 bridgehead atoms. The van der Waals surface area contributed by atoms with E-state index in [0.29, 0.717) is 10.8 Å². The topological polar surface area (TPSA) is 58.6 Å². The highest BCUT2D eigenvalue weighted by Crippen LogP contribution is 2.28. The van der Waals surface area contributed by atoms with Gasteiger partial charge < -0.3 is 15.2 Å². The fourth-order valence-electron chi connectivity index (χ4n) is 1.44. The summed E-state index contributed by atoms with van der Waals surface area (Å²) >= 11 is 4.66. The third kappa shape index (κ3) is 4.68. The zero-order chi connectivity index (χ0) is 13.0. The summed E-state index contributed by atoms with van der Waals surface area (Å²) in [6, 6.07) is 1.76. The van der Waals surface area contributed by atoms with Gasteiger partial charge in [-0.25, -0.2) is 0 Å². The molecule has 1 amide bonds. The van der Waals surface area contributed by atoms with Crippen LogP contribution in [0.15, 0.2) is 15.9 Å². The molecule has 1 saturated carbocycles. The number of ether oxygens (including phenoxy) is 1. The number of aliphatic hydroxyl groups is 1. The fourth-order valence-corrected chi connectivity index (χ4v) is 2.79. The molecule has 1 unspecified atom stereocenters. The number of halogens is 1. The number of nitrogens with one attached hydrogen (secondary N) is 1. The van der Waals surface area contributed by atoms with Gasteiger partial charge in [-0.3, -0.25) is 4.79 Å². The maximum Gasteiger partial charge on any atom is 0.261 e. The monoisotopic (exact) mass is 333 g/mol. The lowest BCUT2D eigenvalue weighted by Gasteiger charge is -2.11. The number of carbonyl (C=O) groups excluding carboxylic acids is 1. The first-order chi connectivity index (χ1) is 8.65. The van der Waals surface area contributed by atoms with E-state index in [-0.39, 0.29) is 19.1 Å². The minimum Gasteiger partial charge on any atom is -0.389 e. The van der Waals surface area contributed by atoms with Gasteiger partial charge in [-0.05, 0) is 40.8 Å². The highest BCUT2D eigenvalue weighted by molar-refractivity contribution is 9.10. The lowest BCUT2D eigenvalue weighted by molar-refractivity contribution is 0.0321. The molecule has 0 aromatic carbocycles. The third-order valence-electron chi connectivity index (χ3n) is 2.65. The highest BCUT2D eigenvalue weighted by Gasteiger charge is 2.21. The number of aliphatic hydroxyl groups excluding tert-OH is 1. The van der Waals surface area contributed by atoms with E-state index in [1.807, 2.05) is 5.38 Å². The van der Waals surface area contributed by atoms with E-state index in [1.54, 1.807) is 6.07 Å². The summed E-state index contributed by atoms with van der Waals surface area (Å²) in [5, 5.41) is 14.2. The Hall–Kier alpha value is -0.430.